The van der Waals surface area contributed by atoms with Gasteiger partial charge < -0.3 is 15.4 Å². The molecule has 0 saturated heterocycles. The van der Waals surface area contributed by atoms with Gasteiger partial charge in [0.1, 0.15) is 0 Å². The van der Waals surface area contributed by atoms with Gasteiger partial charge >= 0.3 is 5.97 Å². The van der Waals surface area contributed by atoms with Gasteiger partial charge in [-0.2, -0.15) is 0 Å². The van der Waals surface area contributed by atoms with Crippen molar-refractivity contribution < 1.29 is 9.53 Å². The van der Waals surface area contributed by atoms with Crippen LogP contribution in [0.1, 0.15) is 61.9 Å². The Morgan fingerprint density at radius 2 is 2.00 bits per heavy atom. The molecule has 1 aliphatic carbocycles. The molecule has 122 valence electrons. The van der Waals surface area contributed by atoms with E-state index >= 15 is 0 Å². The van der Waals surface area contributed by atoms with Gasteiger partial charge in [-0.25, -0.2) is 4.79 Å². The average Bonchev–Trinajstić information content (AvgIpc) is 2.55. The van der Waals surface area contributed by atoms with E-state index in [2.05, 4.69) is 17.6 Å². The van der Waals surface area contributed by atoms with Crippen molar-refractivity contribution in [1.82, 2.24) is 5.32 Å². The first-order valence-electron chi connectivity index (χ1n) is 8.52. The minimum atomic E-state index is -0.246. The summed E-state index contributed by atoms with van der Waals surface area (Å²) < 4.78 is 5.10. The summed E-state index contributed by atoms with van der Waals surface area (Å²) >= 11 is 0. The topological polar surface area (TPSA) is 50.4 Å². The molecule has 1 aromatic carbocycles. The lowest BCUT2D eigenvalue weighted by atomic mass is 9.95. The van der Waals surface area contributed by atoms with Crippen molar-refractivity contribution in [3.63, 3.8) is 0 Å². The molecule has 0 heterocycles. The van der Waals surface area contributed by atoms with Crippen molar-refractivity contribution in [3.05, 3.63) is 29.3 Å². The zero-order valence-electron chi connectivity index (χ0n) is 13.8. The Balaban J connectivity index is 2.07. The summed E-state index contributed by atoms with van der Waals surface area (Å²) in [7, 11) is 0. The highest BCUT2D eigenvalue weighted by molar-refractivity contribution is 5.90. The Morgan fingerprint density at radius 3 is 2.68 bits per heavy atom. The first-order chi connectivity index (χ1) is 10.7. The molecule has 1 aliphatic rings. The smallest absolute Gasteiger partial charge is 0.338 e. The number of benzene rings is 1. The molecule has 4 heteroatoms. The zero-order valence-corrected chi connectivity index (χ0v) is 13.8. The Kier molecular flexibility index (Phi) is 6.72. The van der Waals surface area contributed by atoms with Gasteiger partial charge in [0.15, 0.2) is 0 Å². The fraction of sp³-hybridized carbons (Fsp3) is 0.611. The Hall–Kier alpha value is -1.55. The summed E-state index contributed by atoms with van der Waals surface area (Å²) in [5.41, 5.74) is 2.86. The van der Waals surface area contributed by atoms with Crippen molar-refractivity contribution >= 4 is 11.7 Å². The number of ether oxygens (including phenoxy) is 1. The zero-order chi connectivity index (χ0) is 15.8. The van der Waals surface area contributed by atoms with Crippen LogP contribution in [0.15, 0.2) is 18.2 Å². The van der Waals surface area contributed by atoms with Crippen molar-refractivity contribution in [2.45, 2.75) is 58.5 Å². The second kappa shape index (κ2) is 8.79. The van der Waals surface area contributed by atoms with E-state index in [0.29, 0.717) is 18.2 Å². The average molecular weight is 304 g/mol. The molecule has 2 N–H and O–H groups in total. The number of rotatable bonds is 7. The van der Waals surface area contributed by atoms with Crippen LogP contribution < -0.4 is 10.6 Å². The lowest BCUT2D eigenvalue weighted by Gasteiger charge is -2.23. The molecule has 0 aromatic heterocycles. The number of hydrogen-bond donors (Lipinski definition) is 2. The van der Waals surface area contributed by atoms with E-state index in [9.17, 15) is 4.79 Å². The van der Waals surface area contributed by atoms with Crippen molar-refractivity contribution in [1.29, 1.82) is 0 Å². The summed E-state index contributed by atoms with van der Waals surface area (Å²) in [5, 5.41) is 7.01. The summed E-state index contributed by atoms with van der Waals surface area (Å²) in [6.07, 6.45) is 6.52. The van der Waals surface area contributed by atoms with Crippen LogP contribution in [-0.2, 0) is 11.3 Å². The fourth-order valence-corrected chi connectivity index (χ4v) is 3.01. The van der Waals surface area contributed by atoms with Gasteiger partial charge in [-0.05, 0) is 50.5 Å². The maximum atomic E-state index is 11.9. The predicted octanol–water partition coefficient (Wildman–Crippen LogP) is 3.72. The summed E-state index contributed by atoms with van der Waals surface area (Å²) in [5.74, 6) is -0.246. The van der Waals surface area contributed by atoms with E-state index < -0.39 is 0 Å². The maximum Gasteiger partial charge on any atom is 0.338 e. The van der Waals surface area contributed by atoms with Crippen LogP contribution >= 0.6 is 0 Å². The second-order valence-electron chi connectivity index (χ2n) is 5.84. The van der Waals surface area contributed by atoms with Gasteiger partial charge in [0, 0.05) is 24.8 Å². The van der Waals surface area contributed by atoms with E-state index in [1.807, 2.05) is 25.1 Å². The van der Waals surface area contributed by atoms with Crippen molar-refractivity contribution in [2.24, 2.45) is 0 Å². The standard InChI is InChI=1S/C18H28N2O2/c1-3-19-17-11-10-14(18(21)22-4-2)12-15(17)13-20-16-8-6-5-7-9-16/h10-12,16,19-20H,3-9,13H2,1-2H3. The molecule has 4 nitrogen and oxygen atoms in total. The Bertz CT molecular complexity index is 482. The highest BCUT2D eigenvalue weighted by atomic mass is 16.5. The first-order valence-corrected chi connectivity index (χ1v) is 8.52. The van der Waals surface area contributed by atoms with Crippen LogP contribution in [0.2, 0.25) is 0 Å². The summed E-state index contributed by atoms with van der Waals surface area (Å²) in [6, 6.07) is 6.37. The summed E-state index contributed by atoms with van der Waals surface area (Å²) in [6.45, 7) is 5.98. The molecule has 1 saturated carbocycles. The predicted molar refractivity (Wildman–Crippen MR) is 90.3 cm³/mol. The van der Waals surface area contributed by atoms with Gasteiger partial charge in [0.2, 0.25) is 0 Å². The van der Waals surface area contributed by atoms with Gasteiger partial charge in [-0.3, -0.25) is 0 Å². The van der Waals surface area contributed by atoms with E-state index in [0.717, 1.165) is 24.3 Å². The van der Waals surface area contributed by atoms with E-state index in [-0.39, 0.29) is 5.97 Å². The van der Waals surface area contributed by atoms with Gasteiger partial charge in [-0.15, -0.1) is 0 Å². The molecule has 1 fully saturated rings. The molecule has 0 bridgehead atoms. The third-order valence-electron chi connectivity index (χ3n) is 4.17. The molecular formula is C18H28N2O2. The van der Waals surface area contributed by atoms with Crippen LogP contribution in [0.3, 0.4) is 0 Å². The van der Waals surface area contributed by atoms with Crippen LogP contribution in [0.25, 0.3) is 0 Å². The fourth-order valence-electron chi connectivity index (χ4n) is 3.01. The van der Waals surface area contributed by atoms with Gasteiger partial charge in [0.05, 0.1) is 12.2 Å². The van der Waals surface area contributed by atoms with Crippen LogP contribution in [-0.4, -0.2) is 25.2 Å². The molecule has 2 rings (SSSR count). The molecular weight excluding hydrogens is 276 g/mol. The Morgan fingerprint density at radius 1 is 1.23 bits per heavy atom. The van der Waals surface area contributed by atoms with Crippen LogP contribution in [0, 0.1) is 0 Å². The largest absolute Gasteiger partial charge is 0.462 e. The molecule has 0 radical (unpaired) electrons. The highest BCUT2D eigenvalue weighted by Crippen LogP contribution is 2.21. The number of hydrogen-bond acceptors (Lipinski definition) is 4. The van der Waals surface area contributed by atoms with E-state index in [1.54, 1.807) is 0 Å². The molecule has 0 atom stereocenters. The quantitative estimate of drug-likeness (QED) is 0.754. The van der Waals surface area contributed by atoms with Crippen molar-refractivity contribution in [2.75, 3.05) is 18.5 Å². The van der Waals surface area contributed by atoms with E-state index in [1.165, 1.54) is 32.1 Å². The first kappa shape index (κ1) is 16.8. The monoisotopic (exact) mass is 304 g/mol. The number of esters is 1. The van der Waals surface area contributed by atoms with E-state index in [4.69, 9.17) is 4.74 Å². The molecule has 0 aliphatic heterocycles. The molecule has 0 amide bonds. The highest BCUT2D eigenvalue weighted by Gasteiger charge is 2.15. The molecule has 0 unspecified atom stereocenters. The normalized spacial score (nSPS) is 15.5. The maximum absolute atomic E-state index is 11.9. The van der Waals surface area contributed by atoms with Crippen LogP contribution in [0.5, 0.6) is 0 Å². The minimum Gasteiger partial charge on any atom is -0.462 e. The lowest BCUT2D eigenvalue weighted by molar-refractivity contribution is 0.0526. The van der Waals surface area contributed by atoms with Crippen LogP contribution in [0.4, 0.5) is 5.69 Å². The number of carbonyl (C=O) groups is 1. The second-order valence-corrected chi connectivity index (χ2v) is 5.84. The Labute approximate surface area is 133 Å². The number of carbonyl (C=O) groups excluding carboxylic acids is 1. The summed E-state index contributed by atoms with van der Waals surface area (Å²) in [4.78, 5) is 11.9. The molecule has 1 aromatic rings. The van der Waals surface area contributed by atoms with Gasteiger partial charge in [0.25, 0.3) is 0 Å². The molecule has 22 heavy (non-hydrogen) atoms. The SMILES string of the molecule is CCNc1ccc(C(=O)OCC)cc1CNC1CCCCC1. The lowest BCUT2D eigenvalue weighted by Crippen LogP contribution is -2.30. The molecule has 0 spiro atoms. The minimum absolute atomic E-state index is 0.246. The third-order valence-corrected chi connectivity index (χ3v) is 4.17. The van der Waals surface area contributed by atoms with Crippen molar-refractivity contribution in [3.8, 4) is 0 Å². The third kappa shape index (κ3) is 4.73. The van der Waals surface area contributed by atoms with Gasteiger partial charge in [-0.1, -0.05) is 19.3 Å². The number of nitrogens with one attached hydrogen (secondary N) is 2. The number of anilines is 1.